The Bertz CT molecular complexity index is 448. The average molecular weight is 240 g/mol. The van der Waals surface area contributed by atoms with E-state index < -0.39 is 0 Å². The molecule has 2 aromatic rings. The molecule has 3 nitrogen and oxygen atoms in total. The van der Waals surface area contributed by atoms with Gasteiger partial charge in [-0.3, -0.25) is 0 Å². The van der Waals surface area contributed by atoms with Crippen molar-refractivity contribution in [3.8, 4) is 5.75 Å². The lowest BCUT2D eigenvalue weighted by Gasteiger charge is -2.06. The van der Waals surface area contributed by atoms with E-state index in [2.05, 4.69) is 17.0 Å². The Hall–Kier alpha value is -1.29. The average Bonchev–Trinajstić information content (AvgIpc) is 2.29. The standard InChI is InChI=1S/C12H13NO2.ClH/c13-15-8-7-14-12-6-5-10-3-1-2-4-11(10)9-12;/h1-6,9H,7-8,13H2;1H. The van der Waals surface area contributed by atoms with E-state index in [1.165, 1.54) is 10.8 Å². The largest absolute Gasteiger partial charge is 0.491 e. The fraction of sp³-hybridized carbons (Fsp3) is 0.167. The molecule has 0 aliphatic heterocycles. The summed E-state index contributed by atoms with van der Waals surface area (Å²) in [6, 6.07) is 14.1. The molecule has 0 bridgehead atoms. The molecule has 2 aromatic carbocycles. The van der Waals surface area contributed by atoms with Crippen LogP contribution in [-0.4, -0.2) is 13.2 Å². The highest BCUT2D eigenvalue weighted by atomic mass is 35.5. The molecule has 0 saturated carbocycles. The van der Waals surface area contributed by atoms with Crippen molar-refractivity contribution in [1.29, 1.82) is 0 Å². The molecule has 86 valence electrons. The van der Waals surface area contributed by atoms with Crippen LogP contribution in [0.5, 0.6) is 5.75 Å². The van der Waals surface area contributed by atoms with Crippen LogP contribution in [0.1, 0.15) is 0 Å². The van der Waals surface area contributed by atoms with E-state index in [4.69, 9.17) is 10.6 Å². The molecule has 0 aromatic heterocycles. The van der Waals surface area contributed by atoms with Crippen molar-refractivity contribution in [1.82, 2.24) is 0 Å². The van der Waals surface area contributed by atoms with Crippen LogP contribution in [0.2, 0.25) is 0 Å². The molecule has 2 N–H and O–H groups in total. The molecule has 0 heterocycles. The van der Waals surface area contributed by atoms with E-state index in [1.54, 1.807) is 0 Å². The van der Waals surface area contributed by atoms with Gasteiger partial charge in [0.15, 0.2) is 0 Å². The summed E-state index contributed by atoms with van der Waals surface area (Å²) in [5.41, 5.74) is 0. The number of nitrogens with two attached hydrogens (primary N) is 1. The van der Waals surface area contributed by atoms with Crippen LogP contribution in [-0.2, 0) is 4.84 Å². The molecule has 0 saturated heterocycles. The Morgan fingerprint density at radius 2 is 1.69 bits per heavy atom. The van der Waals surface area contributed by atoms with Crippen molar-refractivity contribution in [2.45, 2.75) is 0 Å². The predicted molar refractivity (Wildman–Crippen MR) is 66.8 cm³/mol. The zero-order chi connectivity index (χ0) is 10.5. The number of fused-ring (bicyclic) bond motifs is 1. The quantitative estimate of drug-likeness (QED) is 0.659. The first-order valence-corrected chi connectivity index (χ1v) is 4.83. The van der Waals surface area contributed by atoms with Crippen molar-refractivity contribution >= 4 is 23.2 Å². The summed E-state index contributed by atoms with van der Waals surface area (Å²) < 4.78 is 5.45. The van der Waals surface area contributed by atoms with Crippen molar-refractivity contribution in [2.75, 3.05) is 13.2 Å². The van der Waals surface area contributed by atoms with E-state index in [9.17, 15) is 0 Å². The van der Waals surface area contributed by atoms with Crippen molar-refractivity contribution in [2.24, 2.45) is 5.90 Å². The number of rotatable bonds is 4. The monoisotopic (exact) mass is 239 g/mol. The van der Waals surface area contributed by atoms with Crippen LogP contribution >= 0.6 is 12.4 Å². The molecule has 0 spiro atoms. The first-order valence-electron chi connectivity index (χ1n) is 4.83. The first kappa shape index (κ1) is 12.8. The zero-order valence-electron chi connectivity index (χ0n) is 8.76. The molecule has 2 rings (SSSR count). The van der Waals surface area contributed by atoms with Crippen LogP contribution < -0.4 is 10.6 Å². The van der Waals surface area contributed by atoms with Gasteiger partial charge in [-0.25, -0.2) is 5.90 Å². The van der Waals surface area contributed by atoms with Gasteiger partial charge in [-0.1, -0.05) is 30.3 Å². The summed E-state index contributed by atoms with van der Waals surface area (Å²) in [5.74, 6) is 5.74. The van der Waals surface area contributed by atoms with Gasteiger partial charge in [0, 0.05) is 0 Å². The molecule has 0 unspecified atom stereocenters. The minimum Gasteiger partial charge on any atom is -0.491 e. The molecule has 0 atom stereocenters. The van der Waals surface area contributed by atoms with Crippen molar-refractivity contribution in [3.05, 3.63) is 42.5 Å². The number of hydrogen-bond donors (Lipinski definition) is 1. The highest BCUT2D eigenvalue weighted by Gasteiger charge is 1.96. The molecule has 0 amide bonds. The third kappa shape index (κ3) is 3.10. The van der Waals surface area contributed by atoms with Crippen LogP contribution in [0.4, 0.5) is 0 Å². The molecule has 0 aliphatic rings. The van der Waals surface area contributed by atoms with E-state index in [1.807, 2.05) is 30.3 Å². The predicted octanol–water partition coefficient (Wildman–Crippen LogP) is 2.53. The Morgan fingerprint density at radius 3 is 2.44 bits per heavy atom. The second-order valence-electron chi connectivity index (χ2n) is 3.23. The van der Waals surface area contributed by atoms with Gasteiger partial charge in [-0.2, -0.15) is 0 Å². The van der Waals surface area contributed by atoms with Crippen LogP contribution in [0.25, 0.3) is 10.8 Å². The van der Waals surface area contributed by atoms with E-state index >= 15 is 0 Å². The van der Waals surface area contributed by atoms with Gasteiger partial charge in [0.2, 0.25) is 0 Å². The lowest BCUT2D eigenvalue weighted by atomic mass is 10.1. The van der Waals surface area contributed by atoms with Crippen molar-refractivity contribution in [3.63, 3.8) is 0 Å². The second kappa shape index (κ2) is 6.33. The number of benzene rings is 2. The lowest BCUT2D eigenvalue weighted by Crippen LogP contribution is -2.09. The normalized spacial score (nSPS) is 9.81. The molecular formula is C12H14ClNO2. The highest BCUT2D eigenvalue weighted by molar-refractivity contribution is 5.85. The molecule has 16 heavy (non-hydrogen) atoms. The molecule has 0 aliphatic carbocycles. The summed E-state index contributed by atoms with van der Waals surface area (Å²) in [4.78, 5) is 4.43. The highest BCUT2D eigenvalue weighted by Crippen LogP contribution is 2.20. The Balaban J connectivity index is 0.00000128. The van der Waals surface area contributed by atoms with Gasteiger partial charge >= 0.3 is 0 Å². The summed E-state index contributed by atoms with van der Waals surface area (Å²) in [6.45, 7) is 0.863. The van der Waals surface area contributed by atoms with Gasteiger partial charge in [-0.05, 0) is 22.9 Å². The fourth-order valence-electron chi connectivity index (χ4n) is 1.46. The minimum absolute atomic E-state index is 0. The summed E-state index contributed by atoms with van der Waals surface area (Å²) in [5, 5.41) is 2.38. The van der Waals surface area contributed by atoms with Gasteiger partial charge in [0.25, 0.3) is 0 Å². The molecular weight excluding hydrogens is 226 g/mol. The van der Waals surface area contributed by atoms with Gasteiger partial charge < -0.3 is 9.57 Å². The maximum Gasteiger partial charge on any atom is 0.120 e. The van der Waals surface area contributed by atoms with Gasteiger partial charge in [0.1, 0.15) is 19.0 Å². The zero-order valence-corrected chi connectivity index (χ0v) is 9.57. The smallest absolute Gasteiger partial charge is 0.120 e. The number of halogens is 1. The van der Waals surface area contributed by atoms with Crippen molar-refractivity contribution < 1.29 is 9.57 Å². The molecule has 0 fully saturated rings. The Kier molecular flexibility index (Phi) is 5.05. The summed E-state index contributed by atoms with van der Waals surface area (Å²) in [6.07, 6.45) is 0. The Morgan fingerprint density at radius 1 is 0.938 bits per heavy atom. The third-order valence-electron chi connectivity index (χ3n) is 2.19. The lowest BCUT2D eigenvalue weighted by molar-refractivity contribution is 0.102. The number of ether oxygens (including phenoxy) is 1. The summed E-state index contributed by atoms with van der Waals surface area (Å²) in [7, 11) is 0. The topological polar surface area (TPSA) is 44.5 Å². The molecule has 4 heteroatoms. The van der Waals surface area contributed by atoms with Gasteiger partial charge in [-0.15, -0.1) is 12.4 Å². The van der Waals surface area contributed by atoms with Crippen LogP contribution in [0.3, 0.4) is 0 Å². The minimum atomic E-state index is 0. The summed E-state index contributed by atoms with van der Waals surface area (Å²) >= 11 is 0. The molecule has 0 radical (unpaired) electrons. The maximum absolute atomic E-state index is 5.45. The van der Waals surface area contributed by atoms with Crippen LogP contribution in [0.15, 0.2) is 42.5 Å². The number of hydrogen-bond acceptors (Lipinski definition) is 3. The second-order valence-corrected chi connectivity index (χ2v) is 3.23. The maximum atomic E-state index is 5.45. The Labute approximate surface area is 101 Å². The van der Waals surface area contributed by atoms with E-state index in [0.717, 1.165) is 5.75 Å². The SMILES string of the molecule is Cl.NOCCOc1ccc2ccccc2c1. The first-order chi connectivity index (χ1) is 7.40. The van der Waals surface area contributed by atoms with E-state index in [0.29, 0.717) is 13.2 Å². The van der Waals surface area contributed by atoms with E-state index in [-0.39, 0.29) is 12.4 Å². The van der Waals surface area contributed by atoms with Crippen LogP contribution in [0, 0.1) is 0 Å². The third-order valence-corrected chi connectivity index (χ3v) is 2.19. The fourth-order valence-corrected chi connectivity index (χ4v) is 1.46. The van der Waals surface area contributed by atoms with Gasteiger partial charge in [0.05, 0.1) is 0 Å².